The summed E-state index contributed by atoms with van der Waals surface area (Å²) in [4.78, 5) is 10.9. The molecule has 2 nitrogen and oxygen atoms in total. The van der Waals surface area contributed by atoms with E-state index in [0.29, 0.717) is 5.57 Å². The average molecular weight is 216 g/mol. The number of hydrogen-bond acceptors (Lipinski definition) is 1. The highest BCUT2D eigenvalue weighted by Crippen LogP contribution is 2.10. The van der Waals surface area contributed by atoms with Crippen LogP contribution in [0.4, 0.5) is 0 Å². The highest BCUT2D eigenvalue weighted by Gasteiger charge is 2.09. The minimum atomic E-state index is -0.854. The summed E-state index contributed by atoms with van der Waals surface area (Å²) in [6, 6.07) is 9.79. The molecule has 1 aromatic carbocycles. The topological polar surface area (TPSA) is 37.3 Å². The van der Waals surface area contributed by atoms with Crippen LogP contribution in [-0.4, -0.2) is 11.1 Å². The van der Waals surface area contributed by atoms with Crippen molar-refractivity contribution in [3.05, 3.63) is 53.6 Å². The molecule has 0 aliphatic heterocycles. The van der Waals surface area contributed by atoms with Gasteiger partial charge in [-0.15, -0.1) is 0 Å². The molecule has 0 fully saturated rings. The maximum Gasteiger partial charge on any atom is 0.331 e. The van der Waals surface area contributed by atoms with E-state index < -0.39 is 5.97 Å². The molecule has 1 N–H and O–H groups in total. The third-order valence-corrected chi connectivity index (χ3v) is 2.23. The van der Waals surface area contributed by atoms with Crippen LogP contribution < -0.4 is 0 Å². The second-order valence-corrected chi connectivity index (χ2v) is 3.85. The minimum absolute atomic E-state index is 0.0259. The number of aliphatic carboxylic acids is 1. The Morgan fingerprint density at radius 1 is 1.25 bits per heavy atom. The molecular formula is C14H16O2. The van der Waals surface area contributed by atoms with Crippen LogP contribution >= 0.6 is 0 Å². The molecule has 1 rings (SSSR count). The van der Waals surface area contributed by atoms with E-state index >= 15 is 0 Å². The molecule has 0 saturated heterocycles. The molecule has 0 unspecified atom stereocenters. The first-order chi connectivity index (χ1) is 7.61. The molecule has 0 aliphatic rings. The zero-order valence-electron chi connectivity index (χ0n) is 9.55. The van der Waals surface area contributed by atoms with Crippen molar-refractivity contribution in [3.63, 3.8) is 0 Å². The summed E-state index contributed by atoms with van der Waals surface area (Å²) < 4.78 is 0. The van der Waals surface area contributed by atoms with Crippen LogP contribution in [0.2, 0.25) is 0 Å². The van der Waals surface area contributed by atoms with Gasteiger partial charge in [-0.3, -0.25) is 0 Å². The first kappa shape index (κ1) is 12.2. The number of benzene rings is 1. The van der Waals surface area contributed by atoms with Crippen LogP contribution in [0.25, 0.3) is 6.08 Å². The summed E-state index contributed by atoms with van der Waals surface area (Å²) >= 11 is 0. The molecule has 0 amide bonds. The van der Waals surface area contributed by atoms with E-state index in [1.165, 1.54) is 0 Å². The van der Waals surface area contributed by atoms with Crippen LogP contribution in [0.1, 0.15) is 19.4 Å². The van der Waals surface area contributed by atoms with Gasteiger partial charge in [0.15, 0.2) is 0 Å². The lowest BCUT2D eigenvalue weighted by Gasteiger charge is -2.03. The average Bonchev–Trinajstić information content (AvgIpc) is 2.24. The summed E-state index contributed by atoms with van der Waals surface area (Å²) in [6.07, 6.45) is 5.32. The Balaban J connectivity index is 2.78. The summed E-state index contributed by atoms with van der Waals surface area (Å²) in [6.45, 7) is 3.74. The molecule has 0 radical (unpaired) electrons. The van der Waals surface area contributed by atoms with Crippen molar-refractivity contribution in [2.75, 3.05) is 0 Å². The Labute approximate surface area is 95.9 Å². The normalized spacial score (nSPS) is 12.3. The van der Waals surface area contributed by atoms with E-state index in [1.807, 2.05) is 50.3 Å². The Morgan fingerprint density at radius 3 is 2.38 bits per heavy atom. The standard InChI is InChI=1S/C14H16O2/c1-11(2)13(14(15)16)10-6-9-12-7-4-3-5-8-12/h3-11H,1-2H3,(H,15,16)/b9-6+,13-10+. The number of carboxylic acid groups (broad SMARTS) is 1. The number of carbonyl (C=O) groups is 1. The molecule has 2 heteroatoms. The van der Waals surface area contributed by atoms with Crippen molar-refractivity contribution in [3.8, 4) is 0 Å². The number of allylic oxidation sites excluding steroid dienone is 2. The van der Waals surface area contributed by atoms with Crippen molar-refractivity contribution in [1.82, 2.24) is 0 Å². The molecule has 0 bridgehead atoms. The predicted molar refractivity (Wildman–Crippen MR) is 66.0 cm³/mol. The predicted octanol–water partition coefficient (Wildman–Crippen LogP) is 3.37. The van der Waals surface area contributed by atoms with Crippen LogP contribution in [0.15, 0.2) is 48.1 Å². The molecule has 0 aliphatic carbocycles. The highest BCUT2D eigenvalue weighted by molar-refractivity contribution is 5.87. The lowest BCUT2D eigenvalue weighted by molar-refractivity contribution is -0.133. The maximum absolute atomic E-state index is 10.9. The van der Waals surface area contributed by atoms with Crippen molar-refractivity contribution >= 4 is 12.0 Å². The van der Waals surface area contributed by atoms with Gasteiger partial charge in [-0.05, 0) is 11.5 Å². The quantitative estimate of drug-likeness (QED) is 0.619. The van der Waals surface area contributed by atoms with Gasteiger partial charge in [-0.25, -0.2) is 4.79 Å². The van der Waals surface area contributed by atoms with E-state index in [1.54, 1.807) is 12.2 Å². The van der Waals surface area contributed by atoms with Crippen LogP contribution in [0.5, 0.6) is 0 Å². The molecule has 84 valence electrons. The van der Waals surface area contributed by atoms with Gasteiger partial charge in [0.2, 0.25) is 0 Å². The smallest absolute Gasteiger partial charge is 0.331 e. The summed E-state index contributed by atoms with van der Waals surface area (Å²) in [5, 5.41) is 8.94. The highest BCUT2D eigenvalue weighted by atomic mass is 16.4. The van der Waals surface area contributed by atoms with Crippen molar-refractivity contribution in [2.45, 2.75) is 13.8 Å². The first-order valence-electron chi connectivity index (χ1n) is 5.28. The van der Waals surface area contributed by atoms with Gasteiger partial charge in [0.25, 0.3) is 0 Å². The third kappa shape index (κ3) is 3.73. The SMILES string of the molecule is CC(C)/C(=C\C=C\c1ccccc1)C(=O)O. The molecule has 1 aromatic rings. The Bertz CT molecular complexity index is 400. The Morgan fingerprint density at radius 2 is 1.88 bits per heavy atom. The summed E-state index contributed by atoms with van der Waals surface area (Å²) in [7, 11) is 0. The van der Waals surface area contributed by atoms with E-state index in [2.05, 4.69) is 0 Å². The largest absolute Gasteiger partial charge is 0.478 e. The van der Waals surface area contributed by atoms with Gasteiger partial charge in [0.05, 0.1) is 0 Å². The van der Waals surface area contributed by atoms with Crippen LogP contribution in [0.3, 0.4) is 0 Å². The first-order valence-corrected chi connectivity index (χ1v) is 5.28. The molecule has 0 spiro atoms. The second kappa shape index (κ2) is 5.91. The van der Waals surface area contributed by atoms with Gasteiger partial charge in [0.1, 0.15) is 0 Å². The van der Waals surface area contributed by atoms with E-state index in [-0.39, 0.29) is 5.92 Å². The van der Waals surface area contributed by atoms with Gasteiger partial charge < -0.3 is 5.11 Å². The molecule has 0 aromatic heterocycles. The second-order valence-electron chi connectivity index (χ2n) is 3.85. The number of rotatable bonds is 4. The fourth-order valence-electron chi connectivity index (χ4n) is 1.34. The van der Waals surface area contributed by atoms with E-state index in [9.17, 15) is 4.79 Å². The van der Waals surface area contributed by atoms with Gasteiger partial charge >= 0.3 is 5.97 Å². The third-order valence-electron chi connectivity index (χ3n) is 2.23. The number of hydrogen-bond donors (Lipinski definition) is 1. The Kier molecular flexibility index (Phi) is 4.52. The molecule has 16 heavy (non-hydrogen) atoms. The maximum atomic E-state index is 10.9. The van der Waals surface area contributed by atoms with Gasteiger partial charge in [-0.1, -0.05) is 62.4 Å². The minimum Gasteiger partial charge on any atom is -0.478 e. The monoisotopic (exact) mass is 216 g/mol. The van der Waals surface area contributed by atoms with Crippen molar-refractivity contribution in [1.29, 1.82) is 0 Å². The summed E-state index contributed by atoms with van der Waals surface area (Å²) in [5.74, 6) is -0.828. The van der Waals surface area contributed by atoms with Crippen LogP contribution in [-0.2, 0) is 4.79 Å². The zero-order chi connectivity index (χ0) is 12.0. The number of carboxylic acids is 1. The van der Waals surface area contributed by atoms with Crippen LogP contribution in [0, 0.1) is 5.92 Å². The fourth-order valence-corrected chi connectivity index (χ4v) is 1.34. The fraction of sp³-hybridized carbons (Fsp3) is 0.214. The van der Waals surface area contributed by atoms with E-state index in [4.69, 9.17) is 5.11 Å². The van der Waals surface area contributed by atoms with Gasteiger partial charge in [-0.2, -0.15) is 0 Å². The molecular weight excluding hydrogens is 200 g/mol. The zero-order valence-corrected chi connectivity index (χ0v) is 9.55. The lowest BCUT2D eigenvalue weighted by atomic mass is 10.0. The molecule has 0 heterocycles. The lowest BCUT2D eigenvalue weighted by Crippen LogP contribution is -2.06. The molecule has 0 atom stereocenters. The van der Waals surface area contributed by atoms with Gasteiger partial charge in [0, 0.05) is 5.57 Å². The van der Waals surface area contributed by atoms with Crippen molar-refractivity contribution < 1.29 is 9.90 Å². The summed E-state index contributed by atoms with van der Waals surface area (Å²) in [5.41, 5.74) is 1.49. The van der Waals surface area contributed by atoms with Crippen molar-refractivity contribution in [2.24, 2.45) is 5.92 Å². The molecule has 0 saturated carbocycles. The van der Waals surface area contributed by atoms with E-state index in [0.717, 1.165) is 5.56 Å². The Hall–Kier alpha value is -1.83.